The predicted molar refractivity (Wildman–Crippen MR) is 352 cm³/mol. The van der Waals surface area contributed by atoms with Gasteiger partial charge >= 0.3 is 19.8 Å². The largest absolute Gasteiger partial charge is 0.472 e. The Morgan fingerprint density at radius 2 is 0.671 bits per heavy atom. The number of carbonyl (C=O) groups excluding carboxylic acids is 2. The van der Waals surface area contributed by atoms with Gasteiger partial charge in [-0.15, -0.1) is 0 Å². The minimum atomic E-state index is -4.42. The van der Waals surface area contributed by atoms with E-state index >= 15 is 0 Å². The third-order valence-electron chi connectivity index (χ3n) is 12.1. The molecule has 0 fully saturated rings. The molecule has 0 aromatic rings. The van der Waals surface area contributed by atoms with Gasteiger partial charge in [0.25, 0.3) is 0 Å². The van der Waals surface area contributed by atoms with Gasteiger partial charge < -0.3 is 18.9 Å². The first kappa shape index (κ1) is 76.9. The highest BCUT2D eigenvalue weighted by Gasteiger charge is 2.27. The van der Waals surface area contributed by atoms with Gasteiger partial charge in [-0.1, -0.05) is 240 Å². The van der Waals surface area contributed by atoms with E-state index in [1.165, 1.54) is 12.8 Å². The summed E-state index contributed by atoms with van der Waals surface area (Å²) in [6, 6.07) is 0. The molecule has 1 N–H and O–H groups in total. The monoisotopic (exact) mass is 1150 g/mol. The lowest BCUT2D eigenvalue weighted by molar-refractivity contribution is -0.870. The fraction of sp³-hybridized carbons (Fsp3) is 0.528. The Morgan fingerprint density at radius 3 is 1.01 bits per heavy atom. The van der Waals surface area contributed by atoms with Gasteiger partial charge in [0.05, 0.1) is 27.7 Å². The first-order valence-electron chi connectivity index (χ1n) is 31.2. The molecular weight excluding hydrogens is 1040 g/mol. The molecule has 0 saturated heterocycles. The maximum Gasteiger partial charge on any atom is 0.472 e. The van der Waals surface area contributed by atoms with Crippen molar-refractivity contribution in [2.75, 3.05) is 47.5 Å². The normalized spacial score (nSPS) is 14.6. The highest BCUT2D eigenvalue weighted by molar-refractivity contribution is 7.47. The summed E-state index contributed by atoms with van der Waals surface area (Å²) >= 11 is 0. The first-order valence-corrected chi connectivity index (χ1v) is 32.7. The van der Waals surface area contributed by atoms with E-state index in [9.17, 15) is 19.0 Å². The van der Waals surface area contributed by atoms with Gasteiger partial charge in [0.2, 0.25) is 0 Å². The van der Waals surface area contributed by atoms with Gasteiger partial charge in [0.1, 0.15) is 19.8 Å². The molecule has 0 spiro atoms. The first-order chi connectivity index (χ1) is 40.0. The number of carbonyl (C=O) groups is 2. The van der Waals surface area contributed by atoms with Crippen molar-refractivity contribution in [3.05, 3.63) is 194 Å². The second kappa shape index (κ2) is 60.4. The zero-order valence-corrected chi connectivity index (χ0v) is 52.8. The highest BCUT2D eigenvalue weighted by atomic mass is 31.2. The molecule has 10 heteroatoms. The van der Waals surface area contributed by atoms with Crippen LogP contribution in [0.3, 0.4) is 0 Å². The SMILES string of the molecule is CC/C=C\C/C=C\C/C=C\C/C=C\C/C=C\C/C=C\C/C=C\C/C=C\C/C=C\C/C=C\C/C=C\CCCCCCCCCC(=O)OC(COC(=O)CCC/C=C\C/C=C\C/C=C\C/C=C\C/C=C\CC)COP(=O)(O)OCC[N+](C)(C)C. The van der Waals surface area contributed by atoms with Gasteiger partial charge in [-0.05, 0) is 135 Å². The molecule has 0 heterocycles. The number of quaternary nitrogens is 1. The van der Waals surface area contributed by atoms with Gasteiger partial charge in [-0.2, -0.15) is 0 Å². The lowest BCUT2D eigenvalue weighted by Gasteiger charge is -2.24. The zero-order valence-electron chi connectivity index (χ0n) is 51.9. The zero-order chi connectivity index (χ0) is 59.8. The van der Waals surface area contributed by atoms with Crippen LogP contribution in [-0.2, 0) is 32.7 Å². The van der Waals surface area contributed by atoms with E-state index in [2.05, 4.69) is 208 Å². The molecule has 0 aromatic heterocycles. The van der Waals surface area contributed by atoms with Crippen LogP contribution in [0.5, 0.6) is 0 Å². The summed E-state index contributed by atoms with van der Waals surface area (Å²) in [6.45, 7) is 4.08. The molecule has 2 unspecified atom stereocenters. The second-order valence-corrected chi connectivity index (χ2v) is 22.4. The van der Waals surface area contributed by atoms with Crippen molar-refractivity contribution in [2.24, 2.45) is 0 Å². The smallest absolute Gasteiger partial charge is 0.462 e. The molecule has 82 heavy (non-hydrogen) atoms. The minimum absolute atomic E-state index is 0.00933. The number of phosphoric acid groups is 1. The number of esters is 2. The summed E-state index contributed by atoms with van der Waals surface area (Å²) in [6.07, 6.45) is 95.3. The number of allylic oxidation sites excluding steroid dienone is 32. The van der Waals surface area contributed by atoms with Crippen LogP contribution in [0.4, 0.5) is 0 Å². The number of hydrogen-bond donors (Lipinski definition) is 1. The van der Waals surface area contributed by atoms with Crippen molar-refractivity contribution in [3.8, 4) is 0 Å². The van der Waals surface area contributed by atoms with Crippen molar-refractivity contribution in [1.29, 1.82) is 0 Å². The number of rotatable bonds is 54. The van der Waals surface area contributed by atoms with Gasteiger partial charge in [0.15, 0.2) is 6.10 Å². The molecule has 0 aliphatic rings. The molecular formula is C72H113NO8P+. The van der Waals surface area contributed by atoms with Crippen LogP contribution in [0.25, 0.3) is 0 Å². The van der Waals surface area contributed by atoms with E-state index in [0.717, 1.165) is 141 Å². The lowest BCUT2D eigenvalue weighted by atomic mass is 10.1. The van der Waals surface area contributed by atoms with Crippen molar-refractivity contribution in [3.63, 3.8) is 0 Å². The molecule has 0 saturated carbocycles. The summed E-state index contributed by atoms with van der Waals surface area (Å²) < 4.78 is 34.5. The van der Waals surface area contributed by atoms with E-state index in [4.69, 9.17) is 18.5 Å². The van der Waals surface area contributed by atoms with Gasteiger partial charge in [-0.3, -0.25) is 18.6 Å². The molecule has 0 amide bonds. The quantitative estimate of drug-likeness (QED) is 0.0211. The van der Waals surface area contributed by atoms with E-state index < -0.39 is 32.5 Å². The van der Waals surface area contributed by atoms with Crippen LogP contribution in [0.1, 0.15) is 194 Å². The summed E-state index contributed by atoms with van der Waals surface area (Å²) in [4.78, 5) is 35.7. The van der Waals surface area contributed by atoms with Gasteiger partial charge in [-0.25, -0.2) is 4.57 Å². The topological polar surface area (TPSA) is 108 Å². The van der Waals surface area contributed by atoms with Crippen molar-refractivity contribution >= 4 is 19.8 Å². The number of hydrogen-bond acceptors (Lipinski definition) is 7. The number of nitrogens with zero attached hydrogens (tertiary/aromatic N) is 1. The highest BCUT2D eigenvalue weighted by Crippen LogP contribution is 2.43. The summed E-state index contributed by atoms with van der Waals surface area (Å²) in [5.74, 6) is -0.897. The van der Waals surface area contributed by atoms with E-state index in [0.29, 0.717) is 23.9 Å². The van der Waals surface area contributed by atoms with Crippen molar-refractivity contribution in [2.45, 2.75) is 200 Å². The molecule has 0 aromatic carbocycles. The minimum Gasteiger partial charge on any atom is -0.462 e. The van der Waals surface area contributed by atoms with Crippen molar-refractivity contribution in [1.82, 2.24) is 0 Å². The van der Waals surface area contributed by atoms with Crippen molar-refractivity contribution < 1.29 is 42.1 Å². The molecule has 458 valence electrons. The molecule has 0 aliphatic heterocycles. The molecule has 2 atom stereocenters. The Bertz CT molecular complexity index is 2080. The van der Waals surface area contributed by atoms with Crippen LogP contribution in [-0.4, -0.2) is 74.9 Å². The maximum atomic E-state index is 12.8. The number of likely N-dealkylation sites (N-methyl/N-ethyl adjacent to an activating group) is 1. The van der Waals surface area contributed by atoms with E-state index in [1.54, 1.807) is 0 Å². The Morgan fingerprint density at radius 1 is 0.378 bits per heavy atom. The van der Waals surface area contributed by atoms with Crippen LogP contribution in [0, 0.1) is 0 Å². The van der Waals surface area contributed by atoms with Crippen LogP contribution < -0.4 is 0 Å². The molecule has 9 nitrogen and oxygen atoms in total. The molecule has 0 radical (unpaired) electrons. The third-order valence-corrected chi connectivity index (χ3v) is 13.1. The van der Waals surface area contributed by atoms with E-state index in [-0.39, 0.29) is 26.1 Å². The Labute approximate surface area is 501 Å². The number of unbranched alkanes of at least 4 members (excludes halogenated alkanes) is 8. The molecule has 0 aliphatic carbocycles. The van der Waals surface area contributed by atoms with Crippen LogP contribution >= 0.6 is 7.82 Å². The summed E-state index contributed by atoms with van der Waals surface area (Å²) in [7, 11) is 1.41. The second-order valence-electron chi connectivity index (χ2n) is 21.0. The average molecular weight is 1150 g/mol. The number of ether oxygens (including phenoxy) is 2. The Hall–Kier alpha value is -5.15. The lowest BCUT2D eigenvalue weighted by Crippen LogP contribution is -2.37. The standard InChI is InChI=1S/C72H112NO8P/c1-6-8-10-12-14-16-18-20-22-24-25-26-27-28-29-30-31-32-33-34-35-36-37-38-39-40-41-42-43-44-45-46-47-49-51-53-55-57-59-61-63-65-72(75)81-70(69-80-82(76,77)79-67-66-73(3,4)5)68-78-71(74)64-62-60-58-56-54-52-50-48-23-21-19-17-15-13-11-9-7-2/h8-11,14-17,20-23,25-26,28-29,31-32,34-35,37-38,40-41,43-44,46-47,50,52,56,58,70H,6-7,12-13,18-19,24,27,30,33,36,39,42,45,48-49,51,53-55,57,59-69H2,1-5H3/p+1/b10-8-,11-9-,16-14-,17-15-,22-20-,23-21-,26-25-,29-28-,32-31-,35-34-,38-37-,41-40-,44-43-,47-46-,52-50-,58-56-. The third kappa shape index (κ3) is 64.0. The Balaban J connectivity index is 4.21. The molecule has 0 rings (SSSR count). The summed E-state index contributed by atoms with van der Waals surface area (Å²) in [5, 5.41) is 0. The Kier molecular flexibility index (Phi) is 56.6. The van der Waals surface area contributed by atoms with Crippen LogP contribution in [0.15, 0.2) is 194 Å². The fourth-order valence-corrected chi connectivity index (χ4v) is 8.15. The predicted octanol–water partition coefficient (Wildman–Crippen LogP) is 20.1. The molecule has 0 bridgehead atoms. The van der Waals surface area contributed by atoms with Crippen LogP contribution in [0.2, 0.25) is 0 Å². The van der Waals surface area contributed by atoms with E-state index in [1.807, 2.05) is 21.1 Å². The number of phosphoric ester groups is 1. The average Bonchev–Trinajstić information content (AvgIpc) is 3.45. The summed E-state index contributed by atoms with van der Waals surface area (Å²) in [5.41, 5.74) is 0. The van der Waals surface area contributed by atoms with Gasteiger partial charge in [0, 0.05) is 12.8 Å². The maximum absolute atomic E-state index is 12.8. The fourth-order valence-electron chi connectivity index (χ4n) is 7.41.